The molecular weight excluding hydrogens is 279 g/mol. The summed E-state index contributed by atoms with van der Waals surface area (Å²) in [6.45, 7) is 21.0. The van der Waals surface area contributed by atoms with Crippen molar-refractivity contribution in [3.05, 3.63) is 24.6 Å². The number of rotatable bonds is 2. The van der Waals surface area contributed by atoms with E-state index in [0.29, 0.717) is 0 Å². The standard InChI is InChI=1S/2C5H12Si.Rh/c2*1-5-6(2,3)4;/h2*5H,1H2,2-4H3;. The maximum absolute atomic E-state index is 3.69. The summed E-state index contributed by atoms with van der Waals surface area (Å²) in [5.74, 6) is 0. The molecule has 0 saturated heterocycles. The maximum atomic E-state index is 3.69. The topological polar surface area (TPSA) is 0 Å². The molecule has 0 aromatic heterocycles. The van der Waals surface area contributed by atoms with E-state index in [1.807, 2.05) is 0 Å². The molecule has 0 saturated carbocycles. The Bertz CT molecular complexity index is 122. The minimum Gasteiger partial charge on any atom is -0.107 e. The van der Waals surface area contributed by atoms with Gasteiger partial charge in [-0.15, -0.1) is 24.6 Å². The van der Waals surface area contributed by atoms with Crippen molar-refractivity contribution in [1.29, 1.82) is 0 Å². The van der Waals surface area contributed by atoms with Crippen molar-refractivity contribution < 1.29 is 19.5 Å². The first-order valence-electron chi connectivity index (χ1n) is 4.39. The fourth-order valence-electron chi connectivity index (χ4n) is 0. The average molecular weight is 303 g/mol. The Morgan fingerprint density at radius 3 is 0.769 bits per heavy atom. The van der Waals surface area contributed by atoms with Crippen molar-refractivity contribution in [2.45, 2.75) is 39.3 Å². The van der Waals surface area contributed by atoms with Crippen molar-refractivity contribution in [3.63, 3.8) is 0 Å². The van der Waals surface area contributed by atoms with Crippen LogP contribution in [0.1, 0.15) is 0 Å². The Kier molecular flexibility index (Phi) is 11.6. The normalized spacial score (nSPS) is 10.3. The molecule has 0 nitrogen and oxygen atoms in total. The van der Waals surface area contributed by atoms with E-state index in [1.54, 1.807) is 0 Å². The van der Waals surface area contributed by atoms with Gasteiger partial charge < -0.3 is 0 Å². The van der Waals surface area contributed by atoms with Gasteiger partial charge in [0.1, 0.15) is 0 Å². The zero-order chi connectivity index (χ0) is 10.4. The van der Waals surface area contributed by atoms with Gasteiger partial charge in [-0.1, -0.05) is 39.3 Å². The molecule has 3 heteroatoms. The molecule has 0 aromatic carbocycles. The molecule has 13 heavy (non-hydrogen) atoms. The van der Waals surface area contributed by atoms with E-state index in [4.69, 9.17) is 0 Å². The first-order chi connectivity index (χ1) is 5.12. The number of hydrogen-bond donors (Lipinski definition) is 0. The van der Waals surface area contributed by atoms with Crippen LogP contribution in [0.5, 0.6) is 0 Å². The van der Waals surface area contributed by atoms with Crippen molar-refractivity contribution in [3.8, 4) is 0 Å². The molecule has 0 unspecified atom stereocenters. The van der Waals surface area contributed by atoms with E-state index < -0.39 is 16.1 Å². The van der Waals surface area contributed by atoms with Crippen LogP contribution in [0.4, 0.5) is 0 Å². The third-order valence-corrected chi connectivity index (χ3v) is 3.67. The van der Waals surface area contributed by atoms with E-state index in [9.17, 15) is 0 Å². The molecule has 0 amide bonds. The van der Waals surface area contributed by atoms with Gasteiger partial charge >= 0.3 is 0 Å². The summed E-state index contributed by atoms with van der Waals surface area (Å²) in [5.41, 5.74) is 4.15. The van der Waals surface area contributed by atoms with Crippen LogP contribution in [-0.2, 0) is 19.5 Å². The van der Waals surface area contributed by atoms with Gasteiger partial charge in [-0.05, 0) is 0 Å². The maximum Gasteiger partial charge on any atom is 0.0679 e. The molecule has 0 aliphatic carbocycles. The van der Waals surface area contributed by atoms with Crippen molar-refractivity contribution in [2.24, 2.45) is 0 Å². The predicted molar refractivity (Wildman–Crippen MR) is 67.1 cm³/mol. The van der Waals surface area contributed by atoms with E-state index in [-0.39, 0.29) is 19.5 Å². The van der Waals surface area contributed by atoms with E-state index in [0.717, 1.165) is 0 Å². The van der Waals surface area contributed by atoms with Gasteiger partial charge in [0, 0.05) is 19.5 Å². The monoisotopic (exact) mass is 303 g/mol. The quantitative estimate of drug-likeness (QED) is 0.674. The first-order valence-corrected chi connectivity index (χ1v) is 11.5. The summed E-state index contributed by atoms with van der Waals surface area (Å²) in [6.07, 6.45) is 0. The fourth-order valence-corrected chi connectivity index (χ4v) is 0. The van der Waals surface area contributed by atoms with Gasteiger partial charge in [-0.2, -0.15) is 0 Å². The molecule has 0 fully saturated rings. The van der Waals surface area contributed by atoms with Gasteiger partial charge in [0.15, 0.2) is 0 Å². The summed E-state index contributed by atoms with van der Waals surface area (Å²) in [7, 11) is -1.73. The second-order valence-electron chi connectivity index (χ2n) is 5.14. The molecule has 0 N–H and O–H groups in total. The smallest absolute Gasteiger partial charge is 0.0679 e. The molecule has 0 aromatic rings. The molecule has 0 bridgehead atoms. The minimum atomic E-state index is -0.867. The molecule has 0 rings (SSSR count). The van der Waals surface area contributed by atoms with Crippen LogP contribution in [0.3, 0.4) is 0 Å². The molecule has 0 aliphatic rings. The molecule has 0 spiro atoms. The summed E-state index contributed by atoms with van der Waals surface area (Å²) >= 11 is 0. The third-order valence-electron chi connectivity index (χ3n) is 1.22. The van der Waals surface area contributed by atoms with Crippen molar-refractivity contribution in [2.75, 3.05) is 0 Å². The van der Waals surface area contributed by atoms with Crippen LogP contribution in [-0.4, -0.2) is 16.1 Å². The van der Waals surface area contributed by atoms with Gasteiger partial charge in [0.05, 0.1) is 16.1 Å². The van der Waals surface area contributed by atoms with Crippen LogP contribution < -0.4 is 0 Å². The second-order valence-corrected chi connectivity index (χ2v) is 15.4. The largest absolute Gasteiger partial charge is 0.107 e. The first kappa shape index (κ1) is 19.2. The molecule has 0 aliphatic heterocycles. The Labute approximate surface area is 99.3 Å². The molecule has 1 radical (unpaired) electrons. The summed E-state index contributed by atoms with van der Waals surface area (Å²) < 4.78 is 0. The zero-order valence-corrected chi connectivity index (χ0v) is 13.5. The van der Waals surface area contributed by atoms with Gasteiger partial charge in [-0.25, -0.2) is 0 Å². The van der Waals surface area contributed by atoms with Crippen LogP contribution >= 0.6 is 0 Å². The average Bonchev–Trinajstić information content (AvgIpc) is 1.86. The fraction of sp³-hybridized carbons (Fsp3) is 0.600. The number of hydrogen-bond acceptors (Lipinski definition) is 0. The molecule has 81 valence electrons. The van der Waals surface area contributed by atoms with Crippen molar-refractivity contribution >= 4 is 16.1 Å². The summed E-state index contributed by atoms with van der Waals surface area (Å²) in [6, 6.07) is 0. The van der Waals surface area contributed by atoms with Crippen LogP contribution in [0.2, 0.25) is 39.3 Å². The van der Waals surface area contributed by atoms with Gasteiger partial charge in [0.2, 0.25) is 0 Å². The summed E-state index contributed by atoms with van der Waals surface area (Å²) in [5, 5.41) is 0. The minimum absolute atomic E-state index is 0. The Morgan fingerprint density at radius 1 is 0.692 bits per heavy atom. The van der Waals surface area contributed by atoms with Crippen LogP contribution in [0.15, 0.2) is 24.6 Å². The van der Waals surface area contributed by atoms with Crippen molar-refractivity contribution in [1.82, 2.24) is 0 Å². The zero-order valence-electron chi connectivity index (χ0n) is 9.90. The molecular formula is C10H24RhSi2. The summed E-state index contributed by atoms with van der Waals surface area (Å²) in [4.78, 5) is 0. The Hall–Kier alpha value is 0.537. The molecule has 0 heterocycles. The SMILES string of the molecule is C=C[Si](C)(C)C.C=C[Si](C)(C)C.[Rh]. The van der Waals surface area contributed by atoms with E-state index >= 15 is 0 Å². The van der Waals surface area contributed by atoms with Crippen LogP contribution in [0, 0.1) is 0 Å². The van der Waals surface area contributed by atoms with E-state index in [1.165, 1.54) is 0 Å². The third kappa shape index (κ3) is 32.6. The Balaban J connectivity index is -0.000000143. The van der Waals surface area contributed by atoms with Crippen LogP contribution in [0.25, 0.3) is 0 Å². The van der Waals surface area contributed by atoms with Gasteiger partial charge in [-0.3, -0.25) is 0 Å². The second kappa shape index (κ2) is 7.90. The molecule has 0 atom stereocenters. The Morgan fingerprint density at radius 2 is 0.769 bits per heavy atom. The van der Waals surface area contributed by atoms with E-state index in [2.05, 4.69) is 63.8 Å². The predicted octanol–water partition coefficient (Wildman–Crippen LogP) is 4.10. The van der Waals surface area contributed by atoms with Gasteiger partial charge in [0.25, 0.3) is 0 Å².